The second-order valence-corrected chi connectivity index (χ2v) is 6.78. The zero-order valence-electron chi connectivity index (χ0n) is 16.2. The molecule has 0 spiro atoms. The molecule has 0 atom stereocenters. The second kappa shape index (κ2) is 10.5. The van der Waals surface area contributed by atoms with Crippen LogP contribution >= 0.6 is 0 Å². The molecule has 0 bridgehead atoms. The van der Waals surface area contributed by atoms with E-state index in [4.69, 9.17) is 4.74 Å². The maximum Gasteiger partial charge on any atom is 0.311 e. The molecule has 0 heterocycles. The first-order chi connectivity index (χ1) is 13.0. The third kappa shape index (κ3) is 6.55. The average molecular weight is 368 g/mol. The topological polar surface area (TPSA) is 63.6 Å². The van der Waals surface area contributed by atoms with Crippen molar-refractivity contribution in [2.24, 2.45) is 0 Å². The van der Waals surface area contributed by atoms with E-state index in [2.05, 4.69) is 0 Å². The summed E-state index contributed by atoms with van der Waals surface area (Å²) in [6.45, 7) is 4.07. The Morgan fingerprint density at radius 3 is 2.19 bits per heavy atom. The summed E-state index contributed by atoms with van der Waals surface area (Å²) in [4.78, 5) is 23.9. The Kier molecular flexibility index (Phi) is 8.05. The van der Waals surface area contributed by atoms with Crippen LogP contribution in [0.25, 0.3) is 0 Å². The lowest BCUT2D eigenvalue weighted by molar-refractivity contribution is -0.134. The van der Waals surface area contributed by atoms with Gasteiger partial charge in [-0.25, -0.2) is 0 Å². The van der Waals surface area contributed by atoms with Gasteiger partial charge < -0.3 is 9.84 Å². The molecule has 0 amide bonds. The van der Waals surface area contributed by atoms with Crippen LogP contribution in [0.3, 0.4) is 0 Å². The number of carbonyl (C=O) groups is 2. The van der Waals surface area contributed by atoms with Gasteiger partial charge in [-0.2, -0.15) is 0 Å². The molecule has 0 saturated heterocycles. The lowest BCUT2D eigenvalue weighted by Crippen LogP contribution is -2.07. The number of ketones is 1. The number of aromatic hydroxyl groups is 1. The highest BCUT2D eigenvalue weighted by Gasteiger charge is 2.12. The van der Waals surface area contributed by atoms with Gasteiger partial charge in [-0.15, -0.1) is 0 Å². The molecule has 4 heteroatoms. The first-order valence-electron chi connectivity index (χ1n) is 9.68. The molecule has 0 saturated carbocycles. The number of carbonyl (C=O) groups excluding carboxylic acids is 2. The molecule has 0 fully saturated rings. The Morgan fingerprint density at radius 2 is 1.52 bits per heavy atom. The molecule has 0 aliphatic carbocycles. The highest BCUT2D eigenvalue weighted by molar-refractivity contribution is 5.98. The maximum atomic E-state index is 12.2. The van der Waals surface area contributed by atoms with Crippen LogP contribution in [-0.2, 0) is 11.2 Å². The Hall–Kier alpha value is -2.62. The van der Waals surface area contributed by atoms with Crippen molar-refractivity contribution in [1.29, 1.82) is 0 Å². The zero-order valence-corrected chi connectivity index (χ0v) is 16.2. The largest absolute Gasteiger partial charge is 0.507 e. The van der Waals surface area contributed by atoms with Crippen molar-refractivity contribution in [1.82, 2.24) is 0 Å². The van der Waals surface area contributed by atoms with Gasteiger partial charge in [-0.1, -0.05) is 44.9 Å². The molecule has 144 valence electrons. The quantitative estimate of drug-likeness (QED) is 0.344. The Balaban J connectivity index is 2.02. The lowest BCUT2D eigenvalue weighted by Gasteiger charge is -2.08. The molecule has 0 unspecified atom stereocenters. The van der Waals surface area contributed by atoms with Crippen LogP contribution in [0.5, 0.6) is 11.5 Å². The predicted molar refractivity (Wildman–Crippen MR) is 106 cm³/mol. The summed E-state index contributed by atoms with van der Waals surface area (Å²) in [5.74, 6) is 0.346. The number of benzene rings is 2. The van der Waals surface area contributed by atoms with Crippen molar-refractivity contribution >= 4 is 11.8 Å². The van der Waals surface area contributed by atoms with Crippen molar-refractivity contribution < 1.29 is 19.4 Å². The van der Waals surface area contributed by atoms with Crippen LogP contribution in [0.4, 0.5) is 0 Å². The summed E-state index contributed by atoms with van der Waals surface area (Å²) in [6.07, 6.45) is 5.08. The fraction of sp³-hybridized carbons (Fsp3) is 0.391. The number of esters is 1. The van der Waals surface area contributed by atoms with Gasteiger partial charge in [-0.05, 0) is 54.7 Å². The lowest BCUT2D eigenvalue weighted by atomic mass is 9.98. The van der Waals surface area contributed by atoms with E-state index in [0.29, 0.717) is 30.6 Å². The summed E-state index contributed by atoms with van der Waals surface area (Å²) < 4.78 is 5.31. The molecule has 4 nitrogen and oxygen atoms in total. The summed E-state index contributed by atoms with van der Waals surface area (Å²) in [6, 6.07) is 12.6. The molecule has 2 aromatic rings. The van der Waals surface area contributed by atoms with Gasteiger partial charge in [0.15, 0.2) is 5.78 Å². The summed E-state index contributed by atoms with van der Waals surface area (Å²) in [7, 11) is 0. The fourth-order valence-electron chi connectivity index (χ4n) is 2.80. The number of phenols is 1. The van der Waals surface area contributed by atoms with E-state index in [-0.39, 0.29) is 17.5 Å². The second-order valence-electron chi connectivity index (χ2n) is 6.78. The number of Topliss-reactive ketones (excluding diaryl/α,β-unsaturated/α-hetero) is 1. The SMILES string of the molecule is CCCCC(=O)Oc1ccc(Cc2ccc(O)c(C(=O)CCCC)c2)cc1. The molecule has 2 rings (SSSR count). The van der Waals surface area contributed by atoms with Crippen molar-refractivity contribution in [3.05, 3.63) is 59.2 Å². The normalized spacial score (nSPS) is 10.6. The van der Waals surface area contributed by atoms with Crippen LogP contribution in [-0.4, -0.2) is 16.9 Å². The van der Waals surface area contributed by atoms with Crippen LogP contribution in [0.1, 0.15) is 73.9 Å². The zero-order chi connectivity index (χ0) is 19.6. The monoisotopic (exact) mass is 368 g/mol. The highest BCUT2D eigenvalue weighted by atomic mass is 16.5. The first kappa shape index (κ1) is 20.7. The van der Waals surface area contributed by atoms with E-state index < -0.39 is 0 Å². The van der Waals surface area contributed by atoms with Gasteiger partial charge in [0.2, 0.25) is 0 Å². The van der Waals surface area contributed by atoms with E-state index in [1.165, 1.54) is 0 Å². The summed E-state index contributed by atoms with van der Waals surface area (Å²) >= 11 is 0. The molecule has 27 heavy (non-hydrogen) atoms. The Labute approximate surface area is 161 Å². The number of phenolic OH excluding ortho intramolecular Hbond substituents is 1. The number of rotatable bonds is 10. The van der Waals surface area contributed by atoms with Gasteiger partial charge in [0.25, 0.3) is 0 Å². The average Bonchev–Trinajstić information content (AvgIpc) is 2.67. The minimum atomic E-state index is -0.210. The number of hydrogen-bond acceptors (Lipinski definition) is 4. The van der Waals surface area contributed by atoms with Crippen molar-refractivity contribution in [3.63, 3.8) is 0 Å². The number of unbranched alkanes of at least 4 members (excludes halogenated alkanes) is 2. The Morgan fingerprint density at radius 1 is 0.889 bits per heavy atom. The van der Waals surface area contributed by atoms with Gasteiger partial charge >= 0.3 is 5.97 Å². The van der Waals surface area contributed by atoms with Crippen molar-refractivity contribution in [2.45, 2.75) is 58.8 Å². The highest BCUT2D eigenvalue weighted by Crippen LogP contribution is 2.23. The molecule has 0 radical (unpaired) electrons. The molecule has 0 aliphatic heterocycles. The van der Waals surface area contributed by atoms with Crippen LogP contribution in [0.2, 0.25) is 0 Å². The number of ether oxygens (including phenoxy) is 1. The molecule has 2 aromatic carbocycles. The number of hydrogen-bond donors (Lipinski definition) is 1. The van der Waals surface area contributed by atoms with Gasteiger partial charge in [0.05, 0.1) is 5.56 Å². The molecular weight excluding hydrogens is 340 g/mol. The minimum absolute atomic E-state index is 0.0226. The Bertz CT molecular complexity index is 762. The fourth-order valence-corrected chi connectivity index (χ4v) is 2.80. The van der Waals surface area contributed by atoms with E-state index in [0.717, 1.165) is 36.8 Å². The van der Waals surface area contributed by atoms with Crippen LogP contribution in [0, 0.1) is 0 Å². The maximum absolute atomic E-state index is 12.2. The van der Waals surface area contributed by atoms with E-state index in [1.54, 1.807) is 24.3 Å². The predicted octanol–water partition coefficient (Wildman–Crippen LogP) is 5.45. The van der Waals surface area contributed by atoms with Crippen LogP contribution in [0.15, 0.2) is 42.5 Å². The summed E-state index contributed by atoms with van der Waals surface area (Å²) in [5, 5.41) is 9.98. The van der Waals surface area contributed by atoms with Gasteiger partial charge in [-0.3, -0.25) is 9.59 Å². The van der Waals surface area contributed by atoms with Crippen molar-refractivity contribution in [2.75, 3.05) is 0 Å². The third-order valence-corrected chi connectivity index (χ3v) is 4.42. The molecule has 1 N–H and O–H groups in total. The standard InChI is InChI=1S/C23H28O4/c1-3-5-7-21(24)20-16-18(11-14-22(20)25)15-17-9-12-19(13-10-17)27-23(26)8-6-4-2/h9-14,16,25H,3-8,15H2,1-2H3. The van der Waals surface area contributed by atoms with E-state index in [9.17, 15) is 14.7 Å². The molecular formula is C23H28O4. The van der Waals surface area contributed by atoms with Gasteiger partial charge in [0.1, 0.15) is 11.5 Å². The van der Waals surface area contributed by atoms with Gasteiger partial charge in [0, 0.05) is 12.8 Å². The first-order valence-corrected chi connectivity index (χ1v) is 9.68. The molecule has 0 aliphatic rings. The van der Waals surface area contributed by atoms with Crippen molar-refractivity contribution in [3.8, 4) is 11.5 Å². The van der Waals surface area contributed by atoms with E-state index >= 15 is 0 Å². The molecule has 0 aromatic heterocycles. The van der Waals surface area contributed by atoms with E-state index in [1.807, 2.05) is 32.0 Å². The summed E-state index contributed by atoms with van der Waals surface area (Å²) in [5.41, 5.74) is 2.39. The third-order valence-electron chi connectivity index (χ3n) is 4.42. The van der Waals surface area contributed by atoms with Crippen LogP contribution < -0.4 is 4.74 Å². The smallest absolute Gasteiger partial charge is 0.311 e. The minimum Gasteiger partial charge on any atom is -0.507 e.